The maximum absolute atomic E-state index is 13.6. The van der Waals surface area contributed by atoms with Gasteiger partial charge in [0.25, 0.3) is 0 Å². The molecule has 0 saturated carbocycles. The lowest BCUT2D eigenvalue weighted by Crippen LogP contribution is -2.03. The Hall–Kier alpha value is -1.77. The monoisotopic (exact) mass is 250 g/mol. The Balaban J connectivity index is 2.22. The lowest BCUT2D eigenvalue weighted by molar-refractivity contribution is 0.483. The van der Waals surface area contributed by atoms with E-state index >= 15 is 0 Å². The van der Waals surface area contributed by atoms with Crippen LogP contribution in [0.2, 0.25) is 0 Å². The minimum atomic E-state index is -1.13. The summed E-state index contributed by atoms with van der Waals surface area (Å²) in [6.07, 6.45) is 0.961. The highest BCUT2D eigenvalue weighted by atomic mass is 19.2. The van der Waals surface area contributed by atoms with Crippen LogP contribution in [0.1, 0.15) is 16.7 Å². The van der Waals surface area contributed by atoms with Crippen molar-refractivity contribution in [3.05, 3.63) is 70.5 Å². The number of aryl methyl sites for hydroxylation is 1. The molecule has 0 nitrogen and oxygen atoms in total. The number of hydrogen-bond acceptors (Lipinski definition) is 0. The van der Waals surface area contributed by atoms with Crippen molar-refractivity contribution < 1.29 is 13.2 Å². The third kappa shape index (κ3) is 2.55. The van der Waals surface area contributed by atoms with Gasteiger partial charge in [-0.3, -0.25) is 0 Å². The van der Waals surface area contributed by atoms with Crippen molar-refractivity contribution in [3.8, 4) is 0 Å². The molecule has 2 rings (SSSR count). The Morgan fingerprint density at radius 2 is 1.56 bits per heavy atom. The molecule has 0 radical (unpaired) electrons. The molecule has 0 aliphatic rings. The quantitative estimate of drug-likeness (QED) is 0.716. The second-order valence-corrected chi connectivity index (χ2v) is 4.24. The molecule has 0 fully saturated rings. The Morgan fingerprint density at radius 1 is 0.889 bits per heavy atom. The molecule has 94 valence electrons. The van der Waals surface area contributed by atoms with Crippen molar-refractivity contribution in [3.63, 3.8) is 0 Å². The normalized spacial score (nSPS) is 10.7. The molecule has 0 aromatic heterocycles. The maximum Gasteiger partial charge on any atom is 0.162 e. The predicted molar refractivity (Wildman–Crippen MR) is 64.9 cm³/mol. The number of hydrogen-bond donors (Lipinski definition) is 0. The van der Waals surface area contributed by atoms with Gasteiger partial charge in [-0.15, -0.1) is 0 Å². The van der Waals surface area contributed by atoms with E-state index < -0.39 is 17.5 Å². The topological polar surface area (TPSA) is 0 Å². The van der Waals surface area contributed by atoms with Crippen LogP contribution in [0, 0.1) is 24.4 Å². The molecule has 2 aromatic rings. The molecule has 3 heteroatoms. The van der Waals surface area contributed by atoms with Gasteiger partial charge in [0.1, 0.15) is 5.82 Å². The molecule has 2 aromatic carbocycles. The van der Waals surface area contributed by atoms with E-state index in [0.29, 0.717) is 18.9 Å². The first-order chi connectivity index (χ1) is 8.59. The van der Waals surface area contributed by atoms with Gasteiger partial charge in [0.15, 0.2) is 11.6 Å². The molecule has 0 unspecified atom stereocenters. The second kappa shape index (κ2) is 5.25. The summed E-state index contributed by atoms with van der Waals surface area (Å²) >= 11 is 0. The highest BCUT2D eigenvalue weighted by molar-refractivity contribution is 5.31. The van der Waals surface area contributed by atoms with Gasteiger partial charge in [-0.05, 0) is 36.5 Å². The van der Waals surface area contributed by atoms with Gasteiger partial charge in [-0.2, -0.15) is 0 Å². The Morgan fingerprint density at radius 3 is 2.22 bits per heavy atom. The summed E-state index contributed by atoms with van der Waals surface area (Å²) in [5.74, 6) is -2.77. The van der Waals surface area contributed by atoms with Gasteiger partial charge >= 0.3 is 0 Å². The number of rotatable bonds is 3. The molecule has 18 heavy (non-hydrogen) atoms. The van der Waals surface area contributed by atoms with Crippen LogP contribution in [0.5, 0.6) is 0 Å². The summed E-state index contributed by atoms with van der Waals surface area (Å²) < 4.78 is 39.9. The molecule has 0 amide bonds. The zero-order valence-electron chi connectivity index (χ0n) is 10.0. The van der Waals surface area contributed by atoms with Crippen LogP contribution in [-0.2, 0) is 12.8 Å². The van der Waals surface area contributed by atoms with Gasteiger partial charge in [-0.25, -0.2) is 13.2 Å². The van der Waals surface area contributed by atoms with Crippen LogP contribution in [0.15, 0.2) is 36.4 Å². The van der Waals surface area contributed by atoms with Crippen LogP contribution in [0.4, 0.5) is 13.2 Å². The zero-order chi connectivity index (χ0) is 13.1. The highest BCUT2D eigenvalue weighted by Gasteiger charge is 2.15. The summed E-state index contributed by atoms with van der Waals surface area (Å²) in [4.78, 5) is 0. The minimum absolute atomic E-state index is 0.0587. The van der Waals surface area contributed by atoms with E-state index in [0.717, 1.165) is 5.56 Å². The fourth-order valence-electron chi connectivity index (χ4n) is 1.97. The molecule has 0 heterocycles. The van der Waals surface area contributed by atoms with E-state index in [-0.39, 0.29) is 11.1 Å². The zero-order valence-corrected chi connectivity index (χ0v) is 10.0. The second-order valence-electron chi connectivity index (χ2n) is 4.24. The molecule has 0 atom stereocenters. The SMILES string of the molecule is Cc1c(F)c(F)cc(F)c1CCc1ccccc1. The van der Waals surface area contributed by atoms with Crippen molar-refractivity contribution >= 4 is 0 Å². The smallest absolute Gasteiger partial charge is 0.162 e. The number of benzene rings is 2. The standard InChI is InChI=1S/C15H13F3/c1-10-12(13(16)9-14(17)15(10)18)8-7-11-5-3-2-4-6-11/h2-6,9H,7-8H2,1H3. The van der Waals surface area contributed by atoms with Crippen molar-refractivity contribution in [2.45, 2.75) is 19.8 Å². The average Bonchev–Trinajstić information content (AvgIpc) is 2.37. The summed E-state index contributed by atoms with van der Waals surface area (Å²) in [5, 5.41) is 0. The minimum Gasteiger partial charge on any atom is -0.207 e. The lowest BCUT2D eigenvalue weighted by atomic mass is 9.99. The fraction of sp³-hybridized carbons (Fsp3) is 0.200. The Labute approximate surface area is 104 Å². The van der Waals surface area contributed by atoms with Crippen LogP contribution in [0.25, 0.3) is 0 Å². The highest BCUT2D eigenvalue weighted by Crippen LogP contribution is 2.21. The van der Waals surface area contributed by atoms with Crippen LogP contribution >= 0.6 is 0 Å². The molecule has 0 saturated heterocycles. The summed E-state index contributed by atoms with van der Waals surface area (Å²) in [6, 6.07) is 10.1. The molecule has 0 spiro atoms. The lowest BCUT2D eigenvalue weighted by Gasteiger charge is -2.09. The first-order valence-electron chi connectivity index (χ1n) is 5.76. The van der Waals surface area contributed by atoms with E-state index in [4.69, 9.17) is 0 Å². The Kier molecular flexibility index (Phi) is 3.70. The van der Waals surface area contributed by atoms with Gasteiger partial charge in [0.05, 0.1) is 0 Å². The van der Waals surface area contributed by atoms with E-state index in [2.05, 4.69) is 0 Å². The van der Waals surface area contributed by atoms with Gasteiger partial charge in [0.2, 0.25) is 0 Å². The summed E-state index contributed by atoms with van der Waals surface area (Å²) in [6.45, 7) is 1.40. The van der Waals surface area contributed by atoms with E-state index in [1.807, 2.05) is 30.3 Å². The van der Waals surface area contributed by atoms with Crippen LogP contribution in [0.3, 0.4) is 0 Å². The van der Waals surface area contributed by atoms with Crippen molar-refractivity contribution in [1.82, 2.24) is 0 Å². The third-order valence-corrected chi connectivity index (χ3v) is 3.04. The van der Waals surface area contributed by atoms with Crippen molar-refractivity contribution in [2.75, 3.05) is 0 Å². The van der Waals surface area contributed by atoms with E-state index in [9.17, 15) is 13.2 Å². The molecule has 0 N–H and O–H groups in total. The Bertz CT molecular complexity index is 547. The molecular formula is C15H13F3. The third-order valence-electron chi connectivity index (χ3n) is 3.04. The fourth-order valence-corrected chi connectivity index (χ4v) is 1.97. The molecule has 0 aliphatic heterocycles. The van der Waals surface area contributed by atoms with E-state index in [1.165, 1.54) is 6.92 Å². The van der Waals surface area contributed by atoms with Crippen LogP contribution in [-0.4, -0.2) is 0 Å². The van der Waals surface area contributed by atoms with Gasteiger partial charge < -0.3 is 0 Å². The molecular weight excluding hydrogens is 237 g/mol. The number of halogens is 3. The van der Waals surface area contributed by atoms with Crippen LogP contribution < -0.4 is 0 Å². The van der Waals surface area contributed by atoms with Crippen molar-refractivity contribution in [2.24, 2.45) is 0 Å². The predicted octanol–water partition coefficient (Wildman–Crippen LogP) is 4.20. The van der Waals surface area contributed by atoms with E-state index in [1.54, 1.807) is 0 Å². The van der Waals surface area contributed by atoms with Crippen molar-refractivity contribution in [1.29, 1.82) is 0 Å². The summed E-state index contributed by atoms with van der Waals surface area (Å²) in [7, 11) is 0. The van der Waals surface area contributed by atoms with Gasteiger partial charge in [-0.1, -0.05) is 30.3 Å². The average molecular weight is 250 g/mol. The first-order valence-corrected chi connectivity index (χ1v) is 5.76. The summed E-state index contributed by atoms with van der Waals surface area (Å²) in [5.41, 5.74) is 1.35. The maximum atomic E-state index is 13.6. The van der Waals surface area contributed by atoms with Gasteiger partial charge in [0, 0.05) is 6.07 Å². The molecule has 0 aliphatic carbocycles. The largest absolute Gasteiger partial charge is 0.207 e. The first kappa shape index (κ1) is 12.7. The molecule has 0 bridgehead atoms.